The number of aromatic nitrogens is 4. The molecule has 2 heterocycles. The first-order chi connectivity index (χ1) is 8.65. The predicted octanol–water partition coefficient (Wildman–Crippen LogP) is 1.99. The van der Waals surface area contributed by atoms with E-state index in [-0.39, 0.29) is 0 Å². The van der Waals surface area contributed by atoms with E-state index in [0.29, 0.717) is 0 Å². The van der Waals surface area contributed by atoms with E-state index in [9.17, 15) is 0 Å². The van der Waals surface area contributed by atoms with Gasteiger partial charge < -0.3 is 5.73 Å². The number of hydrogen-bond acceptors (Lipinski definition) is 4. The smallest absolute Gasteiger partial charge is 0.169 e. The summed E-state index contributed by atoms with van der Waals surface area (Å²) in [5, 5.41) is 8.33. The average Bonchev–Trinajstić information content (AvgIpc) is 2.75. The molecular weight excluding hydrogens is 226 g/mol. The third-order valence-electron chi connectivity index (χ3n) is 2.97. The average molecular weight is 239 g/mol. The van der Waals surface area contributed by atoms with Crippen molar-refractivity contribution in [2.75, 3.05) is 5.73 Å². The molecule has 3 aromatic rings. The quantitative estimate of drug-likeness (QED) is 0.659. The van der Waals surface area contributed by atoms with Crippen molar-refractivity contribution in [2.45, 2.75) is 13.8 Å². The molecule has 0 unspecified atom stereocenters. The third-order valence-corrected chi connectivity index (χ3v) is 2.97. The Kier molecular flexibility index (Phi) is 2.26. The maximum Gasteiger partial charge on any atom is 0.169 e. The monoisotopic (exact) mass is 239 g/mol. The van der Waals surface area contributed by atoms with Gasteiger partial charge in [-0.05, 0) is 25.5 Å². The summed E-state index contributed by atoms with van der Waals surface area (Å²) in [6.07, 6.45) is 1.73. The van der Waals surface area contributed by atoms with Gasteiger partial charge in [-0.1, -0.05) is 12.1 Å². The highest BCUT2D eigenvalue weighted by atomic mass is 15.3. The lowest BCUT2D eigenvalue weighted by Gasteiger charge is -2.03. The second kappa shape index (κ2) is 3.80. The molecule has 0 aliphatic heterocycles. The lowest BCUT2D eigenvalue weighted by atomic mass is 10.1. The molecule has 5 heteroatoms. The fourth-order valence-electron chi connectivity index (χ4n) is 1.86. The van der Waals surface area contributed by atoms with Crippen LogP contribution in [0.4, 0.5) is 5.69 Å². The number of anilines is 1. The first-order valence-electron chi connectivity index (χ1n) is 5.69. The Balaban J connectivity index is 2.22. The molecule has 90 valence electrons. The van der Waals surface area contributed by atoms with Gasteiger partial charge >= 0.3 is 0 Å². The zero-order valence-electron chi connectivity index (χ0n) is 10.3. The zero-order valence-corrected chi connectivity index (χ0v) is 10.3. The fourth-order valence-corrected chi connectivity index (χ4v) is 1.86. The molecule has 3 rings (SSSR count). The Bertz CT molecular complexity index is 729. The molecule has 0 saturated carbocycles. The largest absolute Gasteiger partial charge is 0.398 e. The highest BCUT2D eigenvalue weighted by molar-refractivity contribution is 5.65. The third kappa shape index (κ3) is 1.60. The Morgan fingerprint density at radius 3 is 2.72 bits per heavy atom. The summed E-state index contributed by atoms with van der Waals surface area (Å²) in [6.45, 7) is 3.91. The Morgan fingerprint density at radius 1 is 1.11 bits per heavy atom. The van der Waals surface area contributed by atoms with Gasteiger partial charge in [0, 0.05) is 23.0 Å². The van der Waals surface area contributed by atoms with Crippen LogP contribution in [0.25, 0.3) is 17.0 Å². The maximum atomic E-state index is 5.92. The first-order valence-corrected chi connectivity index (χ1v) is 5.69. The minimum Gasteiger partial charge on any atom is -0.398 e. The van der Waals surface area contributed by atoms with Crippen molar-refractivity contribution in [1.82, 2.24) is 19.6 Å². The van der Waals surface area contributed by atoms with Gasteiger partial charge in [-0.25, -0.2) is 4.98 Å². The van der Waals surface area contributed by atoms with E-state index in [4.69, 9.17) is 5.73 Å². The van der Waals surface area contributed by atoms with E-state index < -0.39 is 0 Å². The van der Waals surface area contributed by atoms with Crippen LogP contribution in [-0.2, 0) is 0 Å². The highest BCUT2D eigenvalue weighted by Gasteiger charge is 2.09. The number of fused-ring (bicyclic) bond motifs is 1. The molecule has 5 nitrogen and oxygen atoms in total. The van der Waals surface area contributed by atoms with Crippen molar-refractivity contribution in [3.63, 3.8) is 0 Å². The molecule has 0 fully saturated rings. The Labute approximate surface area is 104 Å². The van der Waals surface area contributed by atoms with E-state index >= 15 is 0 Å². The maximum absolute atomic E-state index is 5.92. The summed E-state index contributed by atoms with van der Waals surface area (Å²) in [4.78, 5) is 4.26. The molecule has 0 spiro atoms. The van der Waals surface area contributed by atoms with E-state index in [2.05, 4.69) is 15.2 Å². The first kappa shape index (κ1) is 10.7. The number of nitrogen functional groups attached to an aromatic ring is 1. The number of rotatable bonds is 1. The van der Waals surface area contributed by atoms with Gasteiger partial charge in [-0.15, -0.1) is 10.2 Å². The van der Waals surface area contributed by atoms with Crippen LogP contribution in [0.5, 0.6) is 0 Å². The number of benzene rings is 1. The van der Waals surface area contributed by atoms with Crippen LogP contribution in [0.2, 0.25) is 0 Å². The molecule has 2 N–H and O–H groups in total. The standard InChI is InChI=1S/C13H13N5/c1-8-3-4-10(6-11(8)14)13-17-16-12-5-9(2)15-7-18(12)13/h3-7H,14H2,1-2H3. The van der Waals surface area contributed by atoms with Crippen LogP contribution < -0.4 is 5.73 Å². The normalized spacial score (nSPS) is 11.0. The van der Waals surface area contributed by atoms with Gasteiger partial charge in [-0.3, -0.25) is 4.40 Å². The molecule has 0 aliphatic rings. The fraction of sp³-hybridized carbons (Fsp3) is 0.154. The van der Waals surface area contributed by atoms with Crippen LogP contribution in [0.15, 0.2) is 30.6 Å². The van der Waals surface area contributed by atoms with Crippen molar-refractivity contribution in [3.8, 4) is 11.4 Å². The predicted molar refractivity (Wildman–Crippen MR) is 70.1 cm³/mol. The highest BCUT2D eigenvalue weighted by Crippen LogP contribution is 2.22. The van der Waals surface area contributed by atoms with E-state index in [1.54, 1.807) is 6.33 Å². The SMILES string of the molecule is Cc1cc2nnc(-c3ccc(C)c(N)c3)n2cn1. The Morgan fingerprint density at radius 2 is 1.94 bits per heavy atom. The van der Waals surface area contributed by atoms with Gasteiger partial charge in [0.05, 0.1) is 0 Å². The van der Waals surface area contributed by atoms with E-state index in [0.717, 1.165) is 34.0 Å². The summed E-state index contributed by atoms with van der Waals surface area (Å²) < 4.78 is 1.86. The minimum atomic E-state index is 0.754. The van der Waals surface area contributed by atoms with Gasteiger partial charge in [0.25, 0.3) is 0 Å². The van der Waals surface area contributed by atoms with Crippen LogP contribution >= 0.6 is 0 Å². The van der Waals surface area contributed by atoms with Crippen LogP contribution in [0, 0.1) is 13.8 Å². The van der Waals surface area contributed by atoms with Crippen LogP contribution in [-0.4, -0.2) is 19.6 Å². The summed E-state index contributed by atoms with van der Waals surface area (Å²) >= 11 is 0. The lowest BCUT2D eigenvalue weighted by Crippen LogP contribution is -1.94. The van der Waals surface area contributed by atoms with Crippen molar-refractivity contribution in [2.24, 2.45) is 0 Å². The van der Waals surface area contributed by atoms with Gasteiger partial charge in [0.2, 0.25) is 0 Å². The zero-order chi connectivity index (χ0) is 12.7. The molecule has 2 aromatic heterocycles. The number of nitrogens with zero attached hydrogens (tertiary/aromatic N) is 4. The van der Waals surface area contributed by atoms with Crippen molar-refractivity contribution in [1.29, 1.82) is 0 Å². The molecule has 1 aromatic carbocycles. The lowest BCUT2D eigenvalue weighted by molar-refractivity contribution is 1.05. The molecule has 0 atom stereocenters. The second-order valence-corrected chi connectivity index (χ2v) is 4.35. The summed E-state index contributed by atoms with van der Waals surface area (Å²) in [6, 6.07) is 7.77. The summed E-state index contributed by atoms with van der Waals surface area (Å²) in [5.74, 6) is 0.754. The molecule has 0 aliphatic carbocycles. The number of hydrogen-bond donors (Lipinski definition) is 1. The Hall–Kier alpha value is -2.43. The van der Waals surface area contributed by atoms with E-state index in [1.165, 1.54) is 0 Å². The molecular formula is C13H13N5. The number of nitrogens with two attached hydrogens (primary N) is 1. The summed E-state index contributed by atoms with van der Waals surface area (Å²) in [5.41, 5.74) is 10.4. The minimum absolute atomic E-state index is 0.754. The van der Waals surface area contributed by atoms with Crippen LogP contribution in [0.1, 0.15) is 11.3 Å². The van der Waals surface area contributed by atoms with E-state index in [1.807, 2.05) is 42.5 Å². The topological polar surface area (TPSA) is 69.1 Å². The molecule has 18 heavy (non-hydrogen) atoms. The van der Waals surface area contributed by atoms with Crippen molar-refractivity contribution in [3.05, 3.63) is 41.9 Å². The summed E-state index contributed by atoms with van der Waals surface area (Å²) in [7, 11) is 0. The molecule has 0 saturated heterocycles. The van der Waals surface area contributed by atoms with Gasteiger partial charge in [0.15, 0.2) is 11.5 Å². The van der Waals surface area contributed by atoms with Crippen LogP contribution in [0.3, 0.4) is 0 Å². The molecule has 0 bridgehead atoms. The van der Waals surface area contributed by atoms with Crippen molar-refractivity contribution < 1.29 is 0 Å². The molecule has 0 amide bonds. The van der Waals surface area contributed by atoms with Gasteiger partial charge in [0.1, 0.15) is 6.33 Å². The molecule has 0 radical (unpaired) electrons. The second-order valence-electron chi connectivity index (χ2n) is 4.35. The van der Waals surface area contributed by atoms with Crippen molar-refractivity contribution >= 4 is 11.3 Å². The van der Waals surface area contributed by atoms with Gasteiger partial charge in [-0.2, -0.15) is 0 Å². The number of aryl methyl sites for hydroxylation is 2.